The van der Waals surface area contributed by atoms with E-state index in [2.05, 4.69) is 6.92 Å². The molecule has 3 nitrogen and oxygen atoms in total. The van der Waals surface area contributed by atoms with Gasteiger partial charge in [0.2, 0.25) is 0 Å². The molecule has 0 bridgehead atoms. The molecule has 0 amide bonds. The molecular weight excluding hydrogens is 204 g/mol. The van der Waals surface area contributed by atoms with Crippen LogP contribution in [0.3, 0.4) is 0 Å². The van der Waals surface area contributed by atoms with Crippen LogP contribution in [0.1, 0.15) is 47.0 Å². The summed E-state index contributed by atoms with van der Waals surface area (Å²) in [5.74, 6) is 0.902. The molecule has 0 saturated carbocycles. The number of hydrogen-bond acceptors (Lipinski definition) is 3. The molecule has 1 rings (SSSR count). The summed E-state index contributed by atoms with van der Waals surface area (Å²) in [7, 11) is 0. The number of carbonyl (C=O) groups excluding carboxylic acids is 1. The van der Waals surface area contributed by atoms with Gasteiger partial charge in [0.1, 0.15) is 11.4 Å². The third-order valence-corrected chi connectivity index (χ3v) is 2.44. The molecule has 1 fully saturated rings. The van der Waals surface area contributed by atoms with Gasteiger partial charge in [-0.05, 0) is 33.6 Å². The van der Waals surface area contributed by atoms with Crippen molar-refractivity contribution in [1.82, 2.24) is 0 Å². The summed E-state index contributed by atoms with van der Waals surface area (Å²) < 4.78 is 10.7. The standard InChI is InChI=1S/C13H22O3/c1-5-6-10-7-8-15-11(10)9-12(14)16-13(2,3)4/h9-10H,5-8H2,1-4H3/b11-9-. The van der Waals surface area contributed by atoms with E-state index in [1.165, 1.54) is 6.08 Å². The summed E-state index contributed by atoms with van der Waals surface area (Å²) >= 11 is 0. The normalized spacial score (nSPS) is 23.2. The second-order valence-corrected chi connectivity index (χ2v) is 5.20. The van der Waals surface area contributed by atoms with Crippen molar-refractivity contribution in [3.05, 3.63) is 11.8 Å². The van der Waals surface area contributed by atoms with E-state index in [0.29, 0.717) is 5.92 Å². The fraction of sp³-hybridized carbons (Fsp3) is 0.769. The molecule has 1 heterocycles. The molecule has 1 saturated heterocycles. The van der Waals surface area contributed by atoms with E-state index in [1.807, 2.05) is 20.8 Å². The minimum absolute atomic E-state index is 0.300. The number of ether oxygens (including phenoxy) is 2. The molecule has 1 aliphatic heterocycles. The van der Waals surface area contributed by atoms with Crippen molar-refractivity contribution in [1.29, 1.82) is 0 Å². The zero-order chi connectivity index (χ0) is 12.2. The fourth-order valence-electron chi connectivity index (χ4n) is 1.82. The van der Waals surface area contributed by atoms with Crippen molar-refractivity contribution in [3.8, 4) is 0 Å². The van der Waals surface area contributed by atoms with E-state index in [-0.39, 0.29) is 5.97 Å². The lowest BCUT2D eigenvalue weighted by molar-refractivity contribution is -0.148. The Hall–Kier alpha value is -0.990. The molecule has 16 heavy (non-hydrogen) atoms. The summed E-state index contributed by atoms with van der Waals surface area (Å²) in [6.45, 7) is 8.45. The highest BCUT2D eigenvalue weighted by Gasteiger charge is 2.24. The van der Waals surface area contributed by atoms with Crippen LogP contribution in [0, 0.1) is 5.92 Å². The molecule has 0 aromatic heterocycles. The zero-order valence-corrected chi connectivity index (χ0v) is 10.7. The predicted molar refractivity (Wildman–Crippen MR) is 62.9 cm³/mol. The highest BCUT2D eigenvalue weighted by molar-refractivity contribution is 5.82. The fourth-order valence-corrected chi connectivity index (χ4v) is 1.82. The van der Waals surface area contributed by atoms with Crippen LogP contribution in [0.25, 0.3) is 0 Å². The van der Waals surface area contributed by atoms with Gasteiger partial charge in [0.05, 0.1) is 12.7 Å². The Morgan fingerprint density at radius 3 is 2.81 bits per heavy atom. The lowest BCUT2D eigenvalue weighted by Crippen LogP contribution is -2.23. The Balaban J connectivity index is 2.58. The molecule has 0 aliphatic carbocycles. The van der Waals surface area contributed by atoms with Crippen LogP contribution < -0.4 is 0 Å². The SMILES string of the molecule is CCCC1CCO/C1=C\C(=O)OC(C)(C)C. The van der Waals surface area contributed by atoms with Gasteiger partial charge in [-0.2, -0.15) is 0 Å². The van der Waals surface area contributed by atoms with Gasteiger partial charge in [0, 0.05) is 5.92 Å². The molecule has 92 valence electrons. The van der Waals surface area contributed by atoms with Gasteiger partial charge >= 0.3 is 5.97 Å². The van der Waals surface area contributed by atoms with Gasteiger partial charge in [0.15, 0.2) is 0 Å². The Morgan fingerprint density at radius 2 is 2.25 bits per heavy atom. The van der Waals surface area contributed by atoms with E-state index < -0.39 is 5.60 Å². The summed E-state index contributed by atoms with van der Waals surface area (Å²) in [5.41, 5.74) is -0.437. The highest BCUT2D eigenvalue weighted by Crippen LogP contribution is 2.28. The average molecular weight is 226 g/mol. The van der Waals surface area contributed by atoms with Gasteiger partial charge < -0.3 is 9.47 Å². The van der Waals surface area contributed by atoms with Gasteiger partial charge in [-0.1, -0.05) is 13.3 Å². The quantitative estimate of drug-likeness (QED) is 0.548. The highest BCUT2D eigenvalue weighted by atomic mass is 16.6. The summed E-state index contributed by atoms with van der Waals surface area (Å²) in [6.07, 6.45) is 4.72. The maximum Gasteiger partial charge on any atom is 0.334 e. The molecule has 0 aromatic rings. The predicted octanol–water partition coefficient (Wildman–Crippen LogP) is 3.05. The van der Waals surface area contributed by atoms with E-state index in [0.717, 1.165) is 31.6 Å². The van der Waals surface area contributed by atoms with Crippen LogP contribution in [0.15, 0.2) is 11.8 Å². The first-order valence-corrected chi connectivity index (χ1v) is 5.99. The second kappa shape index (κ2) is 5.37. The number of allylic oxidation sites excluding steroid dienone is 1. The van der Waals surface area contributed by atoms with Crippen LogP contribution in [0.4, 0.5) is 0 Å². The van der Waals surface area contributed by atoms with Crippen LogP contribution >= 0.6 is 0 Å². The second-order valence-electron chi connectivity index (χ2n) is 5.20. The van der Waals surface area contributed by atoms with Crippen LogP contribution in [0.2, 0.25) is 0 Å². The van der Waals surface area contributed by atoms with E-state index in [9.17, 15) is 4.79 Å². The lowest BCUT2D eigenvalue weighted by Gasteiger charge is -2.18. The van der Waals surface area contributed by atoms with Crippen molar-refractivity contribution in [2.45, 2.75) is 52.6 Å². The number of hydrogen-bond donors (Lipinski definition) is 0. The Kier molecular flexibility index (Phi) is 4.39. The first-order chi connectivity index (χ1) is 7.42. The number of esters is 1. The zero-order valence-electron chi connectivity index (χ0n) is 10.7. The van der Waals surface area contributed by atoms with Gasteiger partial charge in [0.25, 0.3) is 0 Å². The molecule has 1 aliphatic rings. The summed E-state index contributed by atoms with van der Waals surface area (Å²) in [4.78, 5) is 11.6. The number of carbonyl (C=O) groups is 1. The molecule has 0 radical (unpaired) electrons. The van der Waals surface area contributed by atoms with Crippen LogP contribution in [-0.2, 0) is 14.3 Å². The third kappa shape index (κ3) is 4.25. The summed E-state index contributed by atoms with van der Waals surface area (Å²) in [5, 5.41) is 0. The smallest absolute Gasteiger partial charge is 0.334 e. The number of rotatable bonds is 3. The van der Waals surface area contributed by atoms with Crippen molar-refractivity contribution >= 4 is 5.97 Å². The first-order valence-electron chi connectivity index (χ1n) is 5.99. The van der Waals surface area contributed by atoms with E-state index in [1.54, 1.807) is 0 Å². The molecule has 3 heteroatoms. The van der Waals surface area contributed by atoms with Gasteiger partial charge in [-0.25, -0.2) is 4.79 Å². The monoisotopic (exact) mass is 226 g/mol. The molecule has 0 N–H and O–H groups in total. The van der Waals surface area contributed by atoms with Crippen molar-refractivity contribution in [2.24, 2.45) is 5.92 Å². The molecule has 0 spiro atoms. The molecule has 0 aromatic carbocycles. The summed E-state index contributed by atoms with van der Waals surface area (Å²) in [6, 6.07) is 0. The molecule has 1 atom stereocenters. The topological polar surface area (TPSA) is 35.5 Å². The minimum Gasteiger partial charge on any atom is -0.497 e. The largest absolute Gasteiger partial charge is 0.497 e. The van der Waals surface area contributed by atoms with Crippen molar-refractivity contribution in [3.63, 3.8) is 0 Å². The minimum atomic E-state index is -0.437. The first kappa shape index (κ1) is 13.1. The van der Waals surface area contributed by atoms with Gasteiger partial charge in [-0.15, -0.1) is 0 Å². The van der Waals surface area contributed by atoms with Crippen LogP contribution in [-0.4, -0.2) is 18.2 Å². The maximum atomic E-state index is 11.6. The van der Waals surface area contributed by atoms with E-state index in [4.69, 9.17) is 9.47 Å². The lowest BCUT2D eigenvalue weighted by atomic mass is 10.00. The average Bonchev–Trinajstić information content (AvgIpc) is 2.50. The van der Waals surface area contributed by atoms with Crippen LogP contribution in [0.5, 0.6) is 0 Å². The van der Waals surface area contributed by atoms with E-state index >= 15 is 0 Å². The maximum absolute atomic E-state index is 11.6. The molecule has 1 unspecified atom stereocenters. The Bertz CT molecular complexity index is 273. The Morgan fingerprint density at radius 1 is 1.56 bits per heavy atom. The Labute approximate surface area is 97.8 Å². The molecular formula is C13H22O3. The van der Waals surface area contributed by atoms with Gasteiger partial charge in [-0.3, -0.25) is 0 Å². The van der Waals surface area contributed by atoms with Crippen molar-refractivity contribution < 1.29 is 14.3 Å². The third-order valence-electron chi connectivity index (χ3n) is 2.44. The van der Waals surface area contributed by atoms with Crippen molar-refractivity contribution in [2.75, 3.05) is 6.61 Å².